The molecule has 2 nitrogen and oxygen atoms in total. The molecule has 0 spiro atoms. The summed E-state index contributed by atoms with van der Waals surface area (Å²) in [5, 5.41) is 3.38. The highest BCUT2D eigenvalue weighted by molar-refractivity contribution is 7.81. The maximum Gasteiger partial charge on any atom is 0.0932 e. The van der Waals surface area contributed by atoms with Gasteiger partial charge in [-0.2, -0.15) is 0 Å². The van der Waals surface area contributed by atoms with E-state index >= 15 is 0 Å². The summed E-state index contributed by atoms with van der Waals surface area (Å²) in [6.45, 7) is 3.68. The van der Waals surface area contributed by atoms with Gasteiger partial charge < -0.3 is 5.32 Å². The molecule has 0 amide bonds. The van der Waals surface area contributed by atoms with Gasteiger partial charge in [0.2, 0.25) is 0 Å². The number of amidine groups is 1. The van der Waals surface area contributed by atoms with E-state index in [0.717, 1.165) is 18.9 Å². The molecule has 0 saturated heterocycles. The van der Waals surface area contributed by atoms with Crippen molar-refractivity contribution < 1.29 is 0 Å². The molecule has 0 saturated carbocycles. The van der Waals surface area contributed by atoms with E-state index in [-0.39, 0.29) is 0 Å². The van der Waals surface area contributed by atoms with Crippen LogP contribution in [0.3, 0.4) is 0 Å². The predicted molar refractivity (Wildman–Crippen MR) is 37.4 cm³/mol. The molecule has 1 aliphatic rings. The first-order chi connectivity index (χ1) is 3.79. The van der Waals surface area contributed by atoms with E-state index in [9.17, 15) is 0 Å². The van der Waals surface area contributed by atoms with Crippen LogP contribution in [-0.4, -0.2) is 24.2 Å². The van der Waals surface area contributed by atoms with Crippen molar-refractivity contribution in [2.75, 3.05) is 13.1 Å². The Labute approximate surface area is 54.8 Å². The fraction of sp³-hybridized carbons (Fsp3) is 0.800. The molecule has 0 aromatic carbocycles. The Morgan fingerprint density at radius 2 is 2.62 bits per heavy atom. The molecule has 0 aromatic rings. The standard InChI is InChI=1S/C5H9N2S/c1-4-6-2-5(8)3-7-4/h5H,2-3H2,1H3,(H,6,7). The zero-order valence-electron chi connectivity index (χ0n) is 4.85. The molecule has 1 atom stereocenters. The average Bonchev–Trinajstić information content (AvgIpc) is 1.77. The van der Waals surface area contributed by atoms with Gasteiger partial charge in [-0.25, -0.2) is 0 Å². The monoisotopic (exact) mass is 129 g/mol. The van der Waals surface area contributed by atoms with Crippen LogP contribution in [0.4, 0.5) is 0 Å². The summed E-state index contributed by atoms with van der Waals surface area (Å²) in [4.78, 5) is 4.11. The fourth-order valence-electron chi connectivity index (χ4n) is 0.621. The minimum Gasteiger partial charge on any atom is -0.373 e. The summed E-state index contributed by atoms with van der Waals surface area (Å²) in [6.07, 6.45) is 0. The van der Waals surface area contributed by atoms with E-state index < -0.39 is 0 Å². The summed E-state index contributed by atoms with van der Waals surface area (Å²) in [7, 11) is 0. The van der Waals surface area contributed by atoms with Gasteiger partial charge in [0.25, 0.3) is 0 Å². The van der Waals surface area contributed by atoms with Crippen LogP contribution in [0.5, 0.6) is 0 Å². The highest BCUT2D eigenvalue weighted by Gasteiger charge is 2.06. The molecule has 1 heterocycles. The predicted octanol–water partition coefficient (Wildman–Crippen LogP) is 0.574. The van der Waals surface area contributed by atoms with Gasteiger partial charge in [-0.1, -0.05) is 12.6 Å². The van der Waals surface area contributed by atoms with E-state index in [2.05, 4.69) is 10.3 Å². The van der Waals surface area contributed by atoms with Crippen LogP contribution < -0.4 is 5.32 Å². The molecular weight excluding hydrogens is 120 g/mol. The van der Waals surface area contributed by atoms with Crippen LogP contribution in [0.15, 0.2) is 4.99 Å². The smallest absolute Gasteiger partial charge is 0.0932 e. The van der Waals surface area contributed by atoms with Crippen molar-refractivity contribution in [1.82, 2.24) is 5.32 Å². The summed E-state index contributed by atoms with van der Waals surface area (Å²) in [5.41, 5.74) is 0. The van der Waals surface area contributed by atoms with E-state index in [1.54, 1.807) is 0 Å². The maximum absolute atomic E-state index is 4.97. The van der Waals surface area contributed by atoms with Gasteiger partial charge in [0.05, 0.1) is 17.6 Å². The van der Waals surface area contributed by atoms with Gasteiger partial charge in [0.15, 0.2) is 0 Å². The normalized spacial score (nSPS) is 28.8. The summed E-state index contributed by atoms with van der Waals surface area (Å²) >= 11 is 4.97. The van der Waals surface area contributed by atoms with Crippen molar-refractivity contribution in [2.45, 2.75) is 12.2 Å². The van der Waals surface area contributed by atoms with Crippen molar-refractivity contribution in [2.24, 2.45) is 4.99 Å². The lowest BCUT2D eigenvalue weighted by Gasteiger charge is -2.15. The van der Waals surface area contributed by atoms with Crippen molar-refractivity contribution >= 4 is 18.5 Å². The van der Waals surface area contributed by atoms with Crippen LogP contribution in [-0.2, 0) is 0 Å². The minimum absolute atomic E-state index is 0.304. The SMILES string of the molecule is CC1=NCC([S])CN1. The number of nitrogens with zero attached hydrogens (tertiary/aromatic N) is 1. The lowest BCUT2D eigenvalue weighted by molar-refractivity contribution is 0.758. The lowest BCUT2D eigenvalue weighted by atomic mass is 10.3. The highest BCUT2D eigenvalue weighted by atomic mass is 32.1. The molecule has 45 valence electrons. The van der Waals surface area contributed by atoms with E-state index in [1.165, 1.54) is 0 Å². The van der Waals surface area contributed by atoms with Gasteiger partial charge in [0, 0.05) is 6.54 Å². The third kappa shape index (κ3) is 1.40. The van der Waals surface area contributed by atoms with Crippen LogP contribution >= 0.6 is 12.6 Å². The molecule has 1 rings (SSSR count). The summed E-state index contributed by atoms with van der Waals surface area (Å²) in [5.74, 6) is 1.02. The second-order valence-corrected chi connectivity index (χ2v) is 2.60. The maximum atomic E-state index is 4.97. The Kier molecular flexibility index (Phi) is 1.78. The minimum atomic E-state index is 0.304. The second kappa shape index (κ2) is 2.40. The molecule has 3 heteroatoms. The highest BCUT2D eigenvalue weighted by Crippen LogP contribution is 1.97. The van der Waals surface area contributed by atoms with Crippen LogP contribution in [0, 0.1) is 0 Å². The quantitative estimate of drug-likeness (QED) is 0.508. The van der Waals surface area contributed by atoms with Gasteiger partial charge in [-0.3, -0.25) is 4.99 Å². The third-order valence-corrected chi connectivity index (χ3v) is 1.43. The molecule has 1 N–H and O–H groups in total. The number of aliphatic imine (C=N–C) groups is 1. The zero-order chi connectivity index (χ0) is 5.98. The first kappa shape index (κ1) is 5.95. The number of hydrogen-bond donors (Lipinski definition) is 1. The fourth-order valence-corrected chi connectivity index (χ4v) is 0.779. The number of rotatable bonds is 0. The van der Waals surface area contributed by atoms with Crippen LogP contribution in [0.25, 0.3) is 0 Å². The van der Waals surface area contributed by atoms with Crippen molar-refractivity contribution in [3.63, 3.8) is 0 Å². The topological polar surface area (TPSA) is 24.4 Å². The average molecular weight is 129 g/mol. The molecule has 0 fully saturated rings. The lowest BCUT2D eigenvalue weighted by Crippen LogP contribution is -2.34. The van der Waals surface area contributed by atoms with Gasteiger partial charge in [0.1, 0.15) is 0 Å². The van der Waals surface area contributed by atoms with E-state index in [0.29, 0.717) is 5.25 Å². The first-order valence-electron chi connectivity index (χ1n) is 2.70. The van der Waals surface area contributed by atoms with Crippen molar-refractivity contribution in [3.05, 3.63) is 0 Å². The molecule has 8 heavy (non-hydrogen) atoms. The van der Waals surface area contributed by atoms with E-state index in [1.807, 2.05) is 6.92 Å². The Morgan fingerprint density at radius 1 is 1.88 bits per heavy atom. The number of nitrogens with one attached hydrogen (secondary N) is 1. The largest absolute Gasteiger partial charge is 0.373 e. The molecule has 0 aliphatic carbocycles. The molecule has 0 bridgehead atoms. The summed E-state index contributed by atoms with van der Waals surface area (Å²) in [6, 6.07) is 0. The molecule has 1 radical (unpaired) electrons. The Morgan fingerprint density at radius 3 is 3.00 bits per heavy atom. The Hall–Kier alpha value is -0.180. The Balaban J connectivity index is 2.42. The van der Waals surface area contributed by atoms with Gasteiger partial charge >= 0.3 is 0 Å². The summed E-state index contributed by atoms with van der Waals surface area (Å²) < 4.78 is 0. The van der Waals surface area contributed by atoms with Crippen LogP contribution in [0.2, 0.25) is 0 Å². The third-order valence-electron chi connectivity index (χ3n) is 1.12. The first-order valence-corrected chi connectivity index (χ1v) is 3.17. The second-order valence-electron chi connectivity index (χ2n) is 1.93. The number of hydrogen-bond acceptors (Lipinski definition) is 2. The van der Waals surface area contributed by atoms with Crippen molar-refractivity contribution in [3.8, 4) is 0 Å². The van der Waals surface area contributed by atoms with Crippen molar-refractivity contribution in [1.29, 1.82) is 0 Å². The molecule has 1 aliphatic heterocycles. The van der Waals surface area contributed by atoms with Crippen LogP contribution in [0.1, 0.15) is 6.92 Å². The van der Waals surface area contributed by atoms with Gasteiger partial charge in [-0.15, -0.1) is 0 Å². The van der Waals surface area contributed by atoms with E-state index in [4.69, 9.17) is 12.6 Å². The molecule has 1 unspecified atom stereocenters. The molecular formula is C5H9N2S. The zero-order valence-corrected chi connectivity index (χ0v) is 5.66. The molecule has 0 aromatic heterocycles. The Bertz CT molecular complexity index is 111. The van der Waals surface area contributed by atoms with Gasteiger partial charge in [-0.05, 0) is 6.92 Å².